The van der Waals surface area contributed by atoms with Gasteiger partial charge in [0.25, 0.3) is 11.8 Å². The maximum atomic E-state index is 11.2. The lowest BCUT2D eigenvalue weighted by molar-refractivity contribution is -0.526. The van der Waals surface area contributed by atoms with Crippen LogP contribution in [0.5, 0.6) is 0 Å². The molecule has 0 aliphatic carbocycles. The fourth-order valence-electron chi connectivity index (χ4n) is 1.65. The zero-order valence-electron chi connectivity index (χ0n) is 10.7. The highest BCUT2D eigenvalue weighted by atomic mass is 16.6. The summed E-state index contributed by atoms with van der Waals surface area (Å²) in [5, 5.41) is 11.2. The molecule has 0 aromatic carbocycles. The van der Waals surface area contributed by atoms with Crippen LogP contribution < -0.4 is 0 Å². The molecule has 0 atom stereocenters. The second-order valence-electron chi connectivity index (χ2n) is 3.99. The Morgan fingerprint density at radius 3 is 2.11 bits per heavy atom. The number of nitrogens with zero attached hydrogens (tertiary/aromatic N) is 3. The van der Waals surface area contributed by atoms with E-state index in [1.165, 1.54) is 28.1 Å². The topological polar surface area (TPSA) is 103 Å². The Morgan fingerprint density at radius 1 is 1.39 bits per heavy atom. The van der Waals surface area contributed by atoms with E-state index >= 15 is 0 Å². The summed E-state index contributed by atoms with van der Waals surface area (Å²) >= 11 is 0. The van der Waals surface area contributed by atoms with Gasteiger partial charge in [-0.3, -0.25) is 14.9 Å². The predicted octanol–water partition coefficient (Wildman–Crippen LogP) is 0.430. The number of hydrogen-bond donors (Lipinski definition) is 0. The van der Waals surface area contributed by atoms with Gasteiger partial charge in [0.2, 0.25) is 0 Å². The number of hydrogen-bond acceptors (Lipinski definition) is 7. The normalized spacial score (nSPS) is 27.0. The molecule has 0 bridgehead atoms. The SMILES string of the molecule is COC1=NC(CC(C)=O)N=C(OC)C1(C)[N+](=O)[O-]. The monoisotopic (exact) mass is 257 g/mol. The number of rotatable bonds is 3. The van der Waals surface area contributed by atoms with Gasteiger partial charge in [-0.25, -0.2) is 9.98 Å². The molecule has 1 aliphatic heterocycles. The van der Waals surface area contributed by atoms with Gasteiger partial charge in [-0.15, -0.1) is 0 Å². The number of Topliss-reactive ketones (excluding diaryl/α,β-unsaturated/α-hetero) is 1. The molecule has 0 spiro atoms. The van der Waals surface area contributed by atoms with E-state index in [9.17, 15) is 14.9 Å². The summed E-state index contributed by atoms with van der Waals surface area (Å²) in [5.74, 6) is -0.362. The highest BCUT2D eigenvalue weighted by Gasteiger charge is 2.54. The Balaban J connectivity index is 3.20. The van der Waals surface area contributed by atoms with Crippen LogP contribution in [0.4, 0.5) is 0 Å². The molecular weight excluding hydrogens is 242 g/mol. The maximum Gasteiger partial charge on any atom is 0.365 e. The van der Waals surface area contributed by atoms with Gasteiger partial charge in [0.05, 0.1) is 14.2 Å². The first kappa shape index (κ1) is 14.1. The molecular formula is C10H15N3O5. The van der Waals surface area contributed by atoms with Crippen LogP contribution in [0, 0.1) is 10.1 Å². The van der Waals surface area contributed by atoms with Crippen molar-refractivity contribution in [3.05, 3.63) is 10.1 Å². The van der Waals surface area contributed by atoms with Crippen LogP contribution in [0.2, 0.25) is 0 Å². The second-order valence-corrected chi connectivity index (χ2v) is 3.99. The summed E-state index contributed by atoms with van der Waals surface area (Å²) in [4.78, 5) is 29.6. The number of ketones is 1. The van der Waals surface area contributed by atoms with Crippen molar-refractivity contribution in [1.29, 1.82) is 0 Å². The lowest BCUT2D eigenvalue weighted by Crippen LogP contribution is -2.54. The molecule has 0 N–H and O–H groups in total. The summed E-state index contributed by atoms with van der Waals surface area (Å²) in [5.41, 5.74) is -1.75. The molecule has 8 nitrogen and oxygen atoms in total. The molecule has 8 heteroatoms. The number of ether oxygens (including phenoxy) is 2. The lowest BCUT2D eigenvalue weighted by Gasteiger charge is -2.26. The van der Waals surface area contributed by atoms with Gasteiger partial charge in [0, 0.05) is 18.3 Å². The lowest BCUT2D eigenvalue weighted by atomic mass is 10.0. The Bertz CT molecular complexity index is 407. The average Bonchev–Trinajstić information content (AvgIpc) is 2.30. The van der Waals surface area contributed by atoms with Crippen molar-refractivity contribution in [2.24, 2.45) is 9.98 Å². The molecule has 0 aromatic heterocycles. The molecule has 100 valence electrons. The predicted molar refractivity (Wildman–Crippen MR) is 63.4 cm³/mol. The van der Waals surface area contributed by atoms with E-state index in [4.69, 9.17) is 9.47 Å². The Morgan fingerprint density at radius 2 is 1.83 bits per heavy atom. The van der Waals surface area contributed by atoms with Gasteiger partial charge >= 0.3 is 5.54 Å². The van der Waals surface area contributed by atoms with Crippen molar-refractivity contribution in [3.8, 4) is 0 Å². The van der Waals surface area contributed by atoms with E-state index in [1.807, 2.05) is 0 Å². The van der Waals surface area contributed by atoms with Gasteiger partial charge in [0.1, 0.15) is 5.78 Å². The van der Waals surface area contributed by atoms with Gasteiger partial charge < -0.3 is 9.47 Å². The van der Waals surface area contributed by atoms with Crippen molar-refractivity contribution in [2.45, 2.75) is 32.0 Å². The number of aliphatic imine (C=N–C) groups is 2. The van der Waals surface area contributed by atoms with Crippen LogP contribution >= 0.6 is 0 Å². The molecule has 1 rings (SSSR count). The molecule has 1 aliphatic rings. The van der Waals surface area contributed by atoms with Crippen LogP contribution in [-0.2, 0) is 14.3 Å². The van der Waals surface area contributed by atoms with Gasteiger partial charge in [0.15, 0.2) is 6.17 Å². The van der Waals surface area contributed by atoms with Crippen LogP contribution in [0.15, 0.2) is 9.98 Å². The molecule has 0 unspecified atom stereocenters. The third-order valence-corrected chi connectivity index (χ3v) is 2.59. The van der Waals surface area contributed by atoms with Crippen molar-refractivity contribution < 1.29 is 19.2 Å². The van der Waals surface area contributed by atoms with Crippen molar-refractivity contribution >= 4 is 17.6 Å². The van der Waals surface area contributed by atoms with Crippen LogP contribution in [-0.4, -0.2) is 48.4 Å². The Hall–Kier alpha value is -1.99. The van der Waals surface area contributed by atoms with E-state index < -0.39 is 16.6 Å². The van der Waals surface area contributed by atoms with Crippen molar-refractivity contribution in [2.75, 3.05) is 14.2 Å². The molecule has 0 radical (unpaired) electrons. The number of carbonyl (C=O) groups is 1. The third-order valence-electron chi connectivity index (χ3n) is 2.59. The fourth-order valence-corrected chi connectivity index (χ4v) is 1.65. The van der Waals surface area contributed by atoms with Gasteiger partial charge in [-0.2, -0.15) is 0 Å². The van der Waals surface area contributed by atoms with Crippen molar-refractivity contribution in [3.63, 3.8) is 0 Å². The molecule has 18 heavy (non-hydrogen) atoms. The second kappa shape index (κ2) is 5.11. The van der Waals surface area contributed by atoms with E-state index in [0.717, 1.165) is 0 Å². The summed E-state index contributed by atoms with van der Waals surface area (Å²) in [6.07, 6.45) is -0.687. The van der Waals surface area contributed by atoms with Gasteiger partial charge in [-0.05, 0) is 6.92 Å². The molecule has 0 amide bonds. The first-order valence-electron chi connectivity index (χ1n) is 5.24. The Kier molecular flexibility index (Phi) is 4.00. The minimum atomic E-state index is -1.75. The zero-order valence-corrected chi connectivity index (χ0v) is 10.7. The summed E-state index contributed by atoms with van der Waals surface area (Å²) in [6.45, 7) is 2.69. The first-order chi connectivity index (χ1) is 8.36. The van der Waals surface area contributed by atoms with E-state index in [-0.39, 0.29) is 24.0 Å². The largest absolute Gasteiger partial charge is 0.479 e. The number of carbonyl (C=O) groups excluding carboxylic acids is 1. The molecule has 0 fully saturated rings. The standard InChI is InChI=1S/C10H15N3O5/c1-6(14)5-7-11-8(17-3)10(2,13(15)16)9(12-7)18-4/h7H,5H2,1-4H3. The summed E-state index contributed by atoms with van der Waals surface area (Å²) < 4.78 is 9.90. The van der Waals surface area contributed by atoms with Crippen LogP contribution in [0.1, 0.15) is 20.3 Å². The minimum Gasteiger partial charge on any atom is -0.479 e. The minimum absolute atomic E-state index is 0.0491. The molecule has 0 saturated heterocycles. The maximum absolute atomic E-state index is 11.2. The number of methoxy groups -OCH3 is 2. The zero-order chi connectivity index (χ0) is 13.9. The van der Waals surface area contributed by atoms with Gasteiger partial charge in [-0.1, -0.05) is 0 Å². The molecule has 0 saturated carbocycles. The van der Waals surface area contributed by atoms with Crippen molar-refractivity contribution in [1.82, 2.24) is 0 Å². The quantitative estimate of drug-likeness (QED) is 0.538. The van der Waals surface area contributed by atoms with E-state index in [2.05, 4.69) is 9.98 Å². The number of nitro groups is 1. The van der Waals surface area contributed by atoms with E-state index in [1.54, 1.807) is 0 Å². The Labute approximate surface area is 104 Å². The summed E-state index contributed by atoms with van der Waals surface area (Å²) in [6, 6.07) is 0. The fraction of sp³-hybridized carbons (Fsp3) is 0.700. The summed E-state index contributed by atoms with van der Waals surface area (Å²) in [7, 11) is 2.56. The highest BCUT2D eigenvalue weighted by molar-refractivity contribution is 6.09. The first-order valence-corrected chi connectivity index (χ1v) is 5.24. The smallest absolute Gasteiger partial charge is 0.365 e. The molecule has 1 heterocycles. The molecule has 0 aromatic rings. The van der Waals surface area contributed by atoms with Crippen LogP contribution in [0.25, 0.3) is 0 Å². The van der Waals surface area contributed by atoms with Crippen LogP contribution in [0.3, 0.4) is 0 Å². The highest BCUT2D eigenvalue weighted by Crippen LogP contribution is 2.23. The third kappa shape index (κ3) is 2.31. The van der Waals surface area contributed by atoms with E-state index in [0.29, 0.717) is 0 Å². The average molecular weight is 257 g/mol.